The standard InChI is InChI=1S/C9H7FO/c10-8-3-1-2-7-6(8)4-5-9(7)11/h1-3H,4-5H2. The van der Waals surface area contributed by atoms with Crippen LogP contribution >= 0.6 is 0 Å². The molecule has 1 aliphatic carbocycles. The Kier molecular flexibility index (Phi) is 1.28. The summed E-state index contributed by atoms with van der Waals surface area (Å²) in [6.45, 7) is 0. The van der Waals surface area contributed by atoms with E-state index < -0.39 is 0 Å². The molecule has 1 aliphatic rings. The van der Waals surface area contributed by atoms with E-state index in [0.717, 1.165) is 0 Å². The zero-order valence-electron chi connectivity index (χ0n) is 5.93. The summed E-state index contributed by atoms with van der Waals surface area (Å²) in [5.74, 6) is -0.173. The smallest absolute Gasteiger partial charge is 0.163 e. The molecule has 1 aromatic rings. The summed E-state index contributed by atoms with van der Waals surface area (Å²) >= 11 is 0. The van der Waals surface area contributed by atoms with E-state index in [0.29, 0.717) is 24.0 Å². The summed E-state index contributed by atoms with van der Waals surface area (Å²) in [7, 11) is 0. The number of carbonyl (C=O) groups is 1. The van der Waals surface area contributed by atoms with Crippen LogP contribution in [0.4, 0.5) is 4.39 Å². The largest absolute Gasteiger partial charge is 0.294 e. The van der Waals surface area contributed by atoms with Gasteiger partial charge in [0.15, 0.2) is 5.78 Å². The van der Waals surface area contributed by atoms with Gasteiger partial charge in [0.25, 0.3) is 0 Å². The van der Waals surface area contributed by atoms with Gasteiger partial charge < -0.3 is 0 Å². The molecule has 0 saturated carbocycles. The van der Waals surface area contributed by atoms with Crippen molar-refractivity contribution in [2.24, 2.45) is 0 Å². The predicted molar refractivity (Wildman–Crippen MR) is 39.1 cm³/mol. The monoisotopic (exact) mass is 150 g/mol. The number of ketones is 1. The Bertz CT molecular complexity index is 317. The van der Waals surface area contributed by atoms with Crippen molar-refractivity contribution in [1.29, 1.82) is 0 Å². The third-order valence-corrected chi connectivity index (χ3v) is 2.02. The van der Waals surface area contributed by atoms with Crippen LogP contribution in [-0.2, 0) is 6.42 Å². The highest BCUT2D eigenvalue weighted by Crippen LogP contribution is 2.23. The number of halogens is 1. The van der Waals surface area contributed by atoms with Crippen molar-refractivity contribution < 1.29 is 9.18 Å². The number of hydrogen-bond donors (Lipinski definition) is 0. The lowest BCUT2D eigenvalue weighted by Gasteiger charge is -1.96. The Morgan fingerprint density at radius 3 is 2.82 bits per heavy atom. The highest BCUT2D eigenvalue weighted by Gasteiger charge is 2.21. The molecule has 0 bridgehead atoms. The van der Waals surface area contributed by atoms with Crippen LogP contribution in [0, 0.1) is 5.82 Å². The minimum atomic E-state index is -0.242. The molecular weight excluding hydrogens is 143 g/mol. The van der Waals surface area contributed by atoms with Crippen LogP contribution in [0.5, 0.6) is 0 Å². The molecule has 0 unspecified atom stereocenters. The summed E-state index contributed by atoms with van der Waals surface area (Å²) in [5, 5.41) is 0. The molecule has 0 fully saturated rings. The lowest BCUT2D eigenvalue weighted by Crippen LogP contribution is -1.91. The van der Waals surface area contributed by atoms with Crippen molar-refractivity contribution in [1.82, 2.24) is 0 Å². The molecule has 2 heteroatoms. The van der Waals surface area contributed by atoms with Crippen molar-refractivity contribution in [3.8, 4) is 0 Å². The van der Waals surface area contributed by atoms with Crippen molar-refractivity contribution in [3.63, 3.8) is 0 Å². The molecular formula is C9H7FO. The molecule has 0 N–H and O–H groups in total. The maximum absolute atomic E-state index is 12.9. The second-order valence-corrected chi connectivity index (χ2v) is 2.69. The highest BCUT2D eigenvalue weighted by atomic mass is 19.1. The first-order valence-corrected chi connectivity index (χ1v) is 3.59. The number of rotatable bonds is 0. The van der Waals surface area contributed by atoms with Gasteiger partial charge in [-0.1, -0.05) is 12.1 Å². The predicted octanol–water partition coefficient (Wildman–Crippen LogP) is 1.95. The number of carbonyl (C=O) groups excluding carboxylic acids is 1. The van der Waals surface area contributed by atoms with E-state index in [1.54, 1.807) is 12.1 Å². The third-order valence-electron chi connectivity index (χ3n) is 2.02. The fourth-order valence-electron chi connectivity index (χ4n) is 1.45. The molecule has 0 aliphatic heterocycles. The van der Waals surface area contributed by atoms with Gasteiger partial charge in [0.2, 0.25) is 0 Å². The minimum Gasteiger partial charge on any atom is -0.294 e. The first-order chi connectivity index (χ1) is 5.29. The average Bonchev–Trinajstić information content (AvgIpc) is 2.35. The lowest BCUT2D eigenvalue weighted by atomic mass is 10.1. The van der Waals surface area contributed by atoms with Crippen molar-refractivity contribution in [3.05, 3.63) is 35.1 Å². The average molecular weight is 150 g/mol. The molecule has 0 spiro atoms. The van der Waals surface area contributed by atoms with E-state index in [1.165, 1.54) is 6.07 Å². The van der Waals surface area contributed by atoms with Gasteiger partial charge in [0.05, 0.1) is 0 Å². The second-order valence-electron chi connectivity index (χ2n) is 2.69. The van der Waals surface area contributed by atoms with Crippen LogP contribution in [0.3, 0.4) is 0 Å². The van der Waals surface area contributed by atoms with Crippen LogP contribution in [-0.4, -0.2) is 5.78 Å². The Hall–Kier alpha value is -1.18. The van der Waals surface area contributed by atoms with Gasteiger partial charge in [-0.05, 0) is 18.1 Å². The highest BCUT2D eigenvalue weighted by molar-refractivity contribution is 6.00. The Labute approximate surface area is 63.8 Å². The number of hydrogen-bond acceptors (Lipinski definition) is 1. The van der Waals surface area contributed by atoms with Gasteiger partial charge in [0.1, 0.15) is 5.82 Å². The van der Waals surface area contributed by atoms with E-state index in [-0.39, 0.29) is 11.6 Å². The number of Topliss-reactive ketones (excluding diaryl/α,β-unsaturated/α-hetero) is 1. The number of benzene rings is 1. The molecule has 0 heterocycles. The maximum atomic E-state index is 12.9. The van der Waals surface area contributed by atoms with Crippen molar-refractivity contribution in [2.45, 2.75) is 12.8 Å². The van der Waals surface area contributed by atoms with Gasteiger partial charge in [-0.2, -0.15) is 0 Å². The Morgan fingerprint density at radius 1 is 1.27 bits per heavy atom. The van der Waals surface area contributed by atoms with E-state index in [2.05, 4.69) is 0 Å². The van der Waals surface area contributed by atoms with Crippen LogP contribution in [0.25, 0.3) is 0 Å². The third kappa shape index (κ3) is 0.862. The fourth-order valence-corrected chi connectivity index (χ4v) is 1.45. The summed E-state index contributed by atoms with van der Waals surface area (Å²) < 4.78 is 12.9. The van der Waals surface area contributed by atoms with E-state index in [4.69, 9.17) is 0 Å². The summed E-state index contributed by atoms with van der Waals surface area (Å²) in [6, 6.07) is 4.67. The minimum absolute atomic E-state index is 0.0690. The summed E-state index contributed by atoms with van der Waals surface area (Å²) in [5.41, 5.74) is 1.17. The van der Waals surface area contributed by atoms with Gasteiger partial charge in [-0.3, -0.25) is 4.79 Å². The zero-order valence-corrected chi connectivity index (χ0v) is 5.93. The topological polar surface area (TPSA) is 17.1 Å². The van der Waals surface area contributed by atoms with E-state index in [9.17, 15) is 9.18 Å². The van der Waals surface area contributed by atoms with E-state index in [1.807, 2.05) is 0 Å². The molecule has 0 radical (unpaired) electrons. The van der Waals surface area contributed by atoms with Crippen molar-refractivity contribution >= 4 is 5.78 Å². The summed E-state index contributed by atoms with van der Waals surface area (Å²) in [4.78, 5) is 11.1. The fraction of sp³-hybridized carbons (Fsp3) is 0.222. The molecule has 1 aromatic carbocycles. The maximum Gasteiger partial charge on any atom is 0.163 e. The molecule has 1 nitrogen and oxygen atoms in total. The Balaban J connectivity index is 2.66. The molecule has 56 valence electrons. The molecule has 0 aromatic heterocycles. The van der Waals surface area contributed by atoms with E-state index >= 15 is 0 Å². The molecule has 0 amide bonds. The quantitative estimate of drug-likeness (QED) is 0.552. The number of fused-ring (bicyclic) bond motifs is 1. The van der Waals surface area contributed by atoms with Gasteiger partial charge >= 0.3 is 0 Å². The van der Waals surface area contributed by atoms with Crippen LogP contribution in [0.15, 0.2) is 18.2 Å². The van der Waals surface area contributed by atoms with Gasteiger partial charge in [-0.25, -0.2) is 4.39 Å². The first kappa shape index (κ1) is 6.53. The molecule has 0 saturated heterocycles. The molecule has 0 atom stereocenters. The zero-order chi connectivity index (χ0) is 7.84. The van der Waals surface area contributed by atoms with Crippen LogP contribution in [0.1, 0.15) is 22.3 Å². The lowest BCUT2D eigenvalue weighted by molar-refractivity contribution is 0.0994. The van der Waals surface area contributed by atoms with Crippen LogP contribution < -0.4 is 0 Å². The van der Waals surface area contributed by atoms with Gasteiger partial charge in [0, 0.05) is 12.0 Å². The molecule has 2 rings (SSSR count). The SMILES string of the molecule is O=C1CCc2c(F)cccc21. The normalized spacial score (nSPS) is 15.2. The summed E-state index contributed by atoms with van der Waals surface area (Å²) in [6.07, 6.45) is 1.04. The molecule has 11 heavy (non-hydrogen) atoms. The van der Waals surface area contributed by atoms with Gasteiger partial charge in [-0.15, -0.1) is 0 Å². The first-order valence-electron chi connectivity index (χ1n) is 3.59. The van der Waals surface area contributed by atoms with Crippen molar-refractivity contribution in [2.75, 3.05) is 0 Å². The van der Waals surface area contributed by atoms with Crippen LogP contribution in [0.2, 0.25) is 0 Å². The second kappa shape index (κ2) is 2.16. The Morgan fingerprint density at radius 2 is 2.09 bits per heavy atom.